The quantitative estimate of drug-likeness (QED) is 0.259. The van der Waals surface area contributed by atoms with Crippen LogP contribution in [0, 0.1) is 4.77 Å². The summed E-state index contributed by atoms with van der Waals surface area (Å²) in [4.78, 5) is 17.7. The van der Waals surface area contributed by atoms with Crippen molar-refractivity contribution in [3.8, 4) is 22.8 Å². The van der Waals surface area contributed by atoms with Crippen molar-refractivity contribution < 1.29 is 9.53 Å². The highest BCUT2D eigenvalue weighted by Gasteiger charge is 2.17. The molecule has 1 aromatic heterocycles. The van der Waals surface area contributed by atoms with Crippen molar-refractivity contribution in [3.63, 3.8) is 0 Å². The van der Waals surface area contributed by atoms with Crippen LogP contribution in [0.4, 0.5) is 5.69 Å². The number of para-hydroxylation sites is 1. The minimum absolute atomic E-state index is 0.0367. The van der Waals surface area contributed by atoms with E-state index in [1.165, 1.54) is 0 Å². The van der Waals surface area contributed by atoms with E-state index in [1.54, 1.807) is 9.36 Å². The predicted octanol–water partition coefficient (Wildman–Crippen LogP) is 6.29. The lowest BCUT2D eigenvalue weighted by Crippen LogP contribution is -2.23. The average molecular weight is 493 g/mol. The van der Waals surface area contributed by atoms with Crippen LogP contribution >= 0.6 is 12.2 Å². The van der Waals surface area contributed by atoms with E-state index >= 15 is 0 Å². The number of amides is 1. The minimum Gasteiger partial charge on any atom is -0.489 e. The van der Waals surface area contributed by atoms with Crippen LogP contribution in [0.15, 0.2) is 115 Å². The Labute approximate surface area is 214 Å². The van der Waals surface area contributed by atoms with Crippen molar-refractivity contribution in [1.29, 1.82) is 0 Å². The molecule has 0 unspecified atom stereocenters. The number of hydrogen-bond acceptors (Lipinski definition) is 4. The Kier molecular flexibility index (Phi) is 7.00. The molecule has 0 spiro atoms. The Morgan fingerprint density at radius 3 is 2.08 bits per heavy atom. The van der Waals surface area contributed by atoms with Gasteiger partial charge in [-0.15, -0.1) is 0 Å². The molecular formula is C29H24N4O2S. The highest BCUT2D eigenvalue weighted by molar-refractivity contribution is 7.71. The molecule has 5 rings (SSSR count). The third-order valence-corrected chi connectivity index (χ3v) is 5.85. The van der Waals surface area contributed by atoms with Crippen molar-refractivity contribution >= 4 is 23.8 Å². The highest BCUT2D eigenvalue weighted by Crippen LogP contribution is 2.22. The molecule has 0 saturated heterocycles. The number of carbonyl (C=O) groups is 1. The first-order valence-electron chi connectivity index (χ1n) is 11.5. The summed E-state index contributed by atoms with van der Waals surface area (Å²) in [5, 5.41) is 2.97. The van der Waals surface area contributed by atoms with E-state index in [4.69, 9.17) is 17.0 Å². The number of anilines is 1. The van der Waals surface area contributed by atoms with Gasteiger partial charge in [-0.25, -0.2) is 4.68 Å². The van der Waals surface area contributed by atoms with Crippen molar-refractivity contribution in [2.45, 2.75) is 13.2 Å². The zero-order valence-electron chi connectivity index (χ0n) is 19.5. The summed E-state index contributed by atoms with van der Waals surface area (Å²) >= 11 is 5.58. The van der Waals surface area contributed by atoms with Crippen LogP contribution in [-0.2, 0) is 17.9 Å². The van der Waals surface area contributed by atoms with E-state index in [1.807, 2.05) is 115 Å². The largest absolute Gasteiger partial charge is 0.489 e. The van der Waals surface area contributed by atoms with E-state index < -0.39 is 0 Å². The van der Waals surface area contributed by atoms with Gasteiger partial charge in [0.1, 0.15) is 18.9 Å². The summed E-state index contributed by atoms with van der Waals surface area (Å²) in [5.41, 5.74) is 3.49. The van der Waals surface area contributed by atoms with E-state index in [0.29, 0.717) is 22.9 Å². The average Bonchev–Trinajstić information content (AvgIpc) is 3.25. The molecule has 0 atom stereocenters. The monoisotopic (exact) mass is 492 g/mol. The van der Waals surface area contributed by atoms with Crippen molar-refractivity contribution in [1.82, 2.24) is 14.3 Å². The molecule has 7 heteroatoms. The molecule has 0 aliphatic rings. The SMILES string of the molecule is O=C(Cn1c(-c2ccccc2)nc(=S)n1-c1ccccc1)Nc1ccc(OCc2ccccc2)cc1. The summed E-state index contributed by atoms with van der Waals surface area (Å²) in [5.74, 6) is 1.17. The van der Waals surface area contributed by atoms with Crippen LogP contribution in [0.5, 0.6) is 5.75 Å². The molecule has 1 amide bonds. The standard InChI is InChI=1S/C29H24N4O2S/c34-27(30-24-16-18-26(19-17-24)35-21-22-10-4-1-5-11-22)20-32-28(23-12-6-2-7-13-23)31-29(36)33(32)25-14-8-3-9-15-25/h1-19H,20-21H2,(H,30,34). The van der Waals surface area contributed by atoms with Gasteiger partial charge in [-0.2, -0.15) is 4.98 Å². The number of ether oxygens (including phenoxy) is 1. The lowest BCUT2D eigenvalue weighted by molar-refractivity contribution is -0.117. The molecule has 0 radical (unpaired) electrons. The van der Waals surface area contributed by atoms with Crippen molar-refractivity contribution in [2.75, 3.05) is 5.32 Å². The summed E-state index contributed by atoms with van der Waals surface area (Å²) < 4.78 is 9.82. The topological polar surface area (TPSA) is 61.1 Å². The van der Waals surface area contributed by atoms with Gasteiger partial charge in [-0.05, 0) is 54.2 Å². The van der Waals surface area contributed by atoms with Gasteiger partial charge >= 0.3 is 0 Å². The van der Waals surface area contributed by atoms with Gasteiger partial charge in [-0.1, -0.05) is 78.9 Å². The summed E-state index contributed by atoms with van der Waals surface area (Å²) in [6.45, 7) is 0.521. The van der Waals surface area contributed by atoms with Crippen LogP contribution in [0.1, 0.15) is 5.56 Å². The van der Waals surface area contributed by atoms with E-state index in [2.05, 4.69) is 10.3 Å². The van der Waals surface area contributed by atoms with Crippen LogP contribution in [-0.4, -0.2) is 20.3 Å². The molecule has 1 N–H and O–H groups in total. The van der Waals surface area contributed by atoms with Crippen LogP contribution in [0.2, 0.25) is 0 Å². The van der Waals surface area contributed by atoms with Crippen LogP contribution < -0.4 is 10.1 Å². The van der Waals surface area contributed by atoms with E-state index in [0.717, 1.165) is 22.6 Å². The normalized spacial score (nSPS) is 10.7. The number of aromatic nitrogens is 3. The molecule has 178 valence electrons. The molecule has 0 bridgehead atoms. The van der Waals surface area contributed by atoms with Gasteiger partial charge in [0.05, 0.1) is 5.69 Å². The number of nitrogens with one attached hydrogen (secondary N) is 1. The van der Waals surface area contributed by atoms with E-state index in [-0.39, 0.29) is 12.5 Å². The number of carbonyl (C=O) groups excluding carboxylic acids is 1. The fourth-order valence-corrected chi connectivity index (χ4v) is 4.16. The Hall–Kier alpha value is -4.49. The zero-order chi connectivity index (χ0) is 24.7. The minimum atomic E-state index is -0.192. The van der Waals surface area contributed by atoms with Crippen LogP contribution in [0.25, 0.3) is 17.1 Å². The lowest BCUT2D eigenvalue weighted by atomic mass is 10.2. The van der Waals surface area contributed by atoms with E-state index in [9.17, 15) is 4.79 Å². The van der Waals surface area contributed by atoms with Crippen molar-refractivity contribution in [3.05, 3.63) is 126 Å². The Morgan fingerprint density at radius 2 is 1.42 bits per heavy atom. The molecule has 0 fully saturated rings. The smallest absolute Gasteiger partial charge is 0.246 e. The maximum absolute atomic E-state index is 13.1. The number of benzene rings is 4. The van der Waals surface area contributed by atoms with Gasteiger partial charge in [0, 0.05) is 11.3 Å². The molecule has 0 aliphatic heterocycles. The zero-order valence-corrected chi connectivity index (χ0v) is 20.3. The molecule has 6 nitrogen and oxygen atoms in total. The van der Waals surface area contributed by atoms with Gasteiger partial charge in [-0.3, -0.25) is 9.48 Å². The Morgan fingerprint density at radius 1 is 0.806 bits per heavy atom. The molecular weight excluding hydrogens is 468 g/mol. The molecule has 36 heavy (non-hydrogen) atoms. The number of nitrogens with zero attached hydrogens (tertiary/aromatic N) is 3. The highest BCUT2D eigenvalue weighted by atomic mass is 32.1. The van der Waals surface area contributed by atoms with Gasteiger partial charge in [0.2, 0.25) is 10.7 Å². The second-order valence-electron chi connectivity index (χ2n) is 8.14. The lowest BCUT2D eigenvalue weighted by Gasteiger charge is -2.15. The fraction of sp³-hybridized carbons (Fsp3) is 0.0690. The molecule has 1 heterocycles. The van der Waals surface area contributed by atoms with Gasteiger partial charge in [0.25, 0.3) is 0 Å². The molecule has 0 aliphatic carbocycles. The Balaban J connectivity index is 1.34. The molecule has 4 aromatic carbocycles. The second-order valence-corrected chi connectivity index (χ2v) is 8.50. The first-order chi connectivity index (χ1) is 17.7. The van der Waals surface area contributed by atoms with Gasteiger partial charge in [0.15, 0.2) is 5.82 Å². The summed E-state index contributed by atoms with van der Waals surface area (Å²) in [6, 6.07) is 36.7. The van der Waals surface area contributed by atoms with Crippen LogP contribution in [0.3, 0.4) is 0 Å². The maximum atomic E-state index is 13.1. The molecule has 0 saturated carbocycles. The number of rotatable bonds is 8. The third kappa shape index (κ3) is 5.42. The van der Waals surface area contributed by atoms with Crippen molar-refractivity contribution in [2.24, 2.45) is 0 Å². The summed E-state index contributed by atoms with van der Waals surface area (Å²) in [7, 11) is 0. The predicted molar refractivity (Wildman–Crippen MR) is 144 cm³/mol. The second kappa shape index (κ2) is 10.8. The number of hydrogen-bond donors (Lipinski definition) is 1. The Bertz CT molecular complexity index is 1500. The first-order valence-corrected chi connectivity index (χ1v) is 12.0. The first kappa shape index (κ1) is 23.3. The van der Waals surface area contributed by atoms with Gasteiger partial charge < -0.3 is 10.1 Å². The maximum Gasteiger partial charge on any atom is 0.246 e. The molecule has 5 aromatic rings. The third-order valence-electron chi connectivity index (χ3n) is 5.58. The fourth-order valence-electron chi connectivity index (χ4n) is 3.87. The summed E-state index contributed by atoms with van der Waals surface area (Å²) in [6.07, 6.45) is 0.